The molecule has 2 unspecified atom stereocenters. The Balaban J connectivity index is 0.00000324. The molecule has 1 amide bonds. The van der Waals surface area contributed by atoms with Crippen LogP contribution in [0.2, 0.25) is 0 Å². The maximum Gasteiger partial charge on any atom is 0.255 e. The van der Waals surface area contributed by atoms with E-state index >= 15 is 0 Å². The van der Waals surface area contributed by atoms with Crippen LogP contribution in [-0.2, 0) is 47.1 Å². The first-order valence-electron chi connectivity index (χ1n) is 9.89. The van der Waals surface area contributed by atoms with Crippen LogP contribution in [0.1, 0.15) is 12.8 Å². The summed E-state index contributed by atoms with van der Waals surface area (Å²) in [5, 5.41) is 55.7. The van der Waals surface area contributed by atoms with Crippen LogP contribution >= 0.6 is 0 Å². The van der Waals surface area contributed by atoms with Gasteiger partial charge in [-0.3, -0.25) is 24.6 Å². The summed E-state index contributed by atoms with van der Waals surface area (Å²) in [6, 6.07) is -1.20. The van der Waals surface area contributed by atoms with Gasteiger partial charge >= 0.3 is 0 Å². The molecule has 0 heterocycles. The number of fused-ring (bicyclic) bond motifs is 3. The van der Waals surface area contributed by atoms with Crippen molar-refractivity contribution in [2.45, 2.75) is 24.5 Å². The second-order valence-electron chi connectivity index (χ2n) is 8.59. The minimum absolute atomic E-state index is 0. The predicted molar refractivity (Wildman–Crippen MR) is 109 cm³/mol. The number of likely N-dealkylation sites (N-methyl/N-ethyl adjacent to an activating group) is 1. The van der Waals surface area contributed by atoms with Crippen molar-refractivity contribution < 1.29 is 72.4 Å². The molecule has 177 valence electrons. The quantitative estimate of drug-likeness (QED) is 0.135. The number of aliphatic hydroxyl groups is 4. The van der Waals surface area contributed by atoms with Crippen molar-refractivity contribution in [1.82, 2.24) is 4.90 Å². The van der Waals surface area contributed by atoms with Crippen molar-refractivity contribution in [2.75, 3.05) is 14.1 Å². The van der Waals surface area contributed by atoms with Crippen LogP contribution in [0.4, 0.5) is 0 Å². The number of nitro groups is 1. The number of allylic oxidation sites excluding steroid dienone is 5. The molecule has 0 aromatic carbocycles. The molecule has 0 fully saturated rings. The molecule has 0 aliphatic heterocycles. The Morgan fingerprint density at radius 2 is 1.88 bits per heavy atom. The van der Waals surface area contributed by atoms with E-state index in [1.165, 1.54) is 19.0 Å². The summed E-state index contributed by atoms with van der Waals surface area (Å²) in [4.78, 5) is 49.4. The third kappa shape index (κ3) is 3.31. The zero-order chi connectivity index (χ0) is 24.6. The smallest absolute Gasteiger partial charge is 0.255 e. The molecule has 0 aromatic heterocycles. The van der Waals surface area contributed by atoms with Crippen molar-refractivity contribution in [3.63, 3.8) is 0 Å². The van der Waals surface area contributed by atoms with Gasteiger partial charge in [-0.25, -0.2) is 0 Å². The first-order chi connectivity index (χ1) is 15.3. The molecule has 34 heavy (non-hydrogen) atoms. The Morgan fingerprint density at radius 1 is 1.26 bits per heavy atom. The van der Waals surface area contributed by atoms with E-state index in [0.717, 1.165) is 6.08 Å². The predicted octanol–water partition coefficient (Wildman–Crippen LogP) is -0.338. The van der Waals surface area contributed by atoms with Gasteiger partial charge in [0.2, 0.25) is 0 Å². The average molecular weight is 547 g/mol. The van der Waals surface area contributed by atoms with E-state index in [1.54, 1.807) is 0 Å². The van der Waals surface area contributed by atoms with Crippen LogP contribution in [0.25, 0.3) is 0 Å². The Kier molecular flexibility index (Phi) is 6.51. The van der Waals surface area contributed by atoms with Gasteiger partial charge in [-0.2, -0.15) is 0 Å². The molecular weight excluding hydrogens is 527 g/mol. The molecule has 0 aromatic rings. The van der Waals surface area contributed by atoms with Crippen LogP contribution < -0.4 is 5.73 Å². The number of ketones is 2. The van der Waals surface area contributed by atoms with Crippen molar-refractivity contribution in [2.24, 2.45) is 17.6 Å². The fourth-order valence-electron chi connectivity index (χ4n) is 5.33. The summed E-state index contributed by atoms with van der Waals surface area (Å²) in [5.74, 6) is -8.00. The van der Waals surface area contributed by atoms with Crippen LogP contribution in [0, 0.1) is 28.0 Å². The number of aliphatic hydroxyl groups excluding tert-OH is 3. The molecule has 4 atom stereocenters. The van der Waals surface area contributed by atoms with Gasteiger partial charge in [0.25, 0.3) is 5.91 Å². The second-order valence-corrected chi connectivity index (χ2v) is 8.59. The van der Waals surface area contributed by atoms with Gasteiger partial charge in [-0.15, -0.1) is 6.08 Å². The summed E-state index contributed by atoms with van der Waals surface area (Å²) in [5.41, 5.74) is 0.436. The molecule has 1 radical (unpaired) electrons. The fourth-order valence-corrected chi connectivity index (χ4v) is 5.33. The number of nitrogens with two attached hydrogens (primary N) is 1. The maximum absolute atomic E-state index is 13.0. The van der Waals surface area contributed by atoms with E-state index in [1.807, 2.05) is 0 Å². The first-order valence-corrected chi connectivity index (χ1v) is 9.89. The van der Waals surface area contributed by atoms with E-state index in [-0.39, 0.29) is 56.7 Å². The average Bonchev–Trinajstić information content (AvgIpc) is 2.70. The van der Waals surface area contributed by atoms with Crippen molar-refractivity contribution in [1.29, 1.82) is 0 Å². The number of Topliss-reactive ketones (excluding diaryl/α,β-unsaturated/α-hetero) is 2. The van der Waals surface area contributed by atoms with Crippen molar-refractivity contribution in [3.05, 3.63) is 67.5 Å². The minimum Gasteiger partial charge on any atom is -0.520 e. The van der Waals surface area contributed by atoms with Crippen molar-refractivity contribution in [3.8, 4) is 0 Å². The second kappa shape index (κ2) is 8.52. The number of nitrogens with zero attached hydrogens (tertiary/aromatic N) is 2. The summed E-state index contributed by atoms with van der Waals surface area (Å²) in [6.07, 6.45) is 2.77. The van der Waals surface area contributed by atoms with E-state index < -0.39 is 80.0 Å². The van der Waals surface area contributed by atoms with E-state index in [4.69, 9.17) is 5.73 Å². The third-order valence-corrected chi connectivity index (χ3v) is 6.71. The number of carbonyl (C=O) groups is 3. The van der Waals surface area contributed by atoms with Gasteiger partial charge in [0.15, 0.2) is 17.1 Å². The number of primary amides is 1. The molecule has 0 saturated carbocycles. The minimum atomic E-state index is -2.67. The van der Waals surface area contributed by atoms with Crippen LogP contribution in [-0.4, -0.2) is 73.5 Å². The molecule has 13 heteroatoms. The summed E-state index contributed by atoms with van der Waals surface area (Å²) in [7, 11) is 2.98. The Morgan fingerprint density at radius 3 is 2.41 bits per heavy atom. The van der Waals surface area contributed by atoms with Crippen LogP contribution in [0.5, 0.6) is 0 Å². The molecule has 4 aliphatic rings. The van der Waals surface area contributed by atoms with Gasteiger partial charge in [-0.05, 0) is 38.4 Å². The normalized spacial score (nSPS) is 30.8. The third-order valence-electron chi connectivity index (χ3n) is 6.71. The molecule has 4 aliphatic carbocycles. The molecule has 0 saturated heterocycles. The number of amides is 1. The van der Waals surface area contributed by atoms with Gasteiger partial charge in [0.1, 0.15) is 17.1 Å². The largest absolute Gasteiger partial charge is 0.520 e. The maximum atomic E-state index is 13.0. The number of carbonyl (C=O) groups excluding carboxylic acids is 3. The van der Waals surface area contributed by atoms with Crippen molar-refractivity contribution >= 4 is 17.5 Å². The topological polar surface area (TPSA) is 205 Å². The van der Waals surface area contributed by atoms with E-state index in [0.29, 0.717) is 0 Å². The van der Waals surface area contributed by atoms with Gasteiger partial charge < -0.3 is 31.0 Å². The molecule has 4 rings (SSSR count). The van der Waals surface area contributed by atoms with Crippen LogP contribution in [0.15, 0.2) is 51.3 Å². The zero-order valence-corrected chi connectivity index (χ0v) is 20.9. The Labute approximate surface area is 217 Å². The van der Waals surface area contributed by atoms with E-state index in [2.05, 4.69) is 6.08 Å². The Bertz CT molecular complexity index is 1210. The summed E-state index contributed by atoms with van der Waals surface area (Å²) in [6.45, 7) is 0. The van der Waals surface area contributed by atoms with Gasteiger partial charge in [-0.1, -0.05) is 11.6 Å². The number of rotatable bonds is 3. The SMILES string of the molecule is CN(C)[C@@H]1C(=O)C(C(N)=O)=C(O)[C@@]2(O)C(O)=C3C(O)=C4C(=O)[C-]=CC([N+](=O)[O-])=C4CC3CC12.[Y]. The number of hydrogen-bond donors (Lipinski definition) is 5. The van der Waals surface area contributed by atoms with Gasteiger partial charge in [0, 0.05) is 49.1 Å². The zero-order valence-electron chi connectivity index (χ0n) is 18.1. The molecule has 0 spiro atoms. The van der Waals surface area contributed by atoms with Crippen LogP contribution in [0.3, 0.4) is 0 Å². The molecular formula is C21H20N3O9Y-. The standard InChI is InChI=1S/C21H20N3O9.Y/c1-23(2)15-9-6-7-5-8-10(24(32)33)3-4-11(25)13(8)16(26)12(7)18(28)21(9,31)19(29)14(17(15)27)20(22)30;/h3,7,9,15,26,28-29,31H,5-6H2,1-2H3,(H2,22,30);/q-1;/t7?,9?,15-,21-;/m0./s1. The number of hydrogen-bond acceptors (Lipinski definition) is 10. The fraction of sp³-hybridized carbons (Fsp3) is 0.381. The monoisotopic (exact) mass is 547 g/mol. The molecule has 0 bridgehead atoms. The molecule has 12 nitrogen and oxygen atoms in total. The Hall–Kier alpha value is -2.67. The summed E-state index contributed by atoms with van der Waals surface area (Å²) >= 11 is 0. The first kappa shape index (κ1) is 25.9. The molecule has 6 N–H and O–H groups in total. The van der Waals surface area contributed by atoms with E-state index in [9.17, 15) is 44.9 Å². The summed E-state index contributed by atoms with van der Waals surface area (Å²) < 4.78 is 0. The van der Waals surface area contributed by atoms with Gasteiger partial charge in [0.05, 0.1) is 17.6 Å².